The van der Waals surface area contributed by atoms with E-state index in [1.807, 2.05) is 13.0 Å². The zero-order valence-electron chi connectivity index (χ0n) is 10.1. The van der Waals surface area contributed by atoms with Crippen LogP contribution in [-0.2, 0) is 0 Å². The van der Waals surface area contributed by atoms with Gasteiger partial charge in [-0.2, -0.15) is 0 Å². The normalized spacial score (nSPS) is 25.4. The van der Waals surface area contributed by atoms with Gasteiger partial charge >= 0.3 is 0 Å². The molecule has 1 nitrogen and oxygen atoms in total. The average molecular weight is 221 g/mol. The molecule has 0 radical (unpaired) electrons. The van der Waals surface area contributed by atoms with E-state index in [0.717, 1.165) is 17.2 Å². The fourth-order valence-electron chi connectivity index (χ4n) is 2.53. The van der Waals surface area contributed by atoms with Crippen molar-refractivity contribution < 1.29 is 4.39 Å². The van der Waals surface area contributed by atoms with E-state index in [-0.39, 0.29) is 5.82 Å². The van der Waals surface area contributed by atoms with E-state index in [1.165, 1.54) is 31.7 Å². The summed E-state index contributed by atoms with van der Waals surface area (Å²) in [6.07, 6.45) is 5.03. The predicted octanol–water partition coefficient (Wildman–Crippen LogP) is 4.12. The van der Waals surface area contributed by atoms with Gasteiger partial charge in [0.2, 0.25) is 0 Å². The van der Waals surface area contributed by atoms with E-state index in [9.17, 15) is 4.39 Å². The smallest absolute Gasteiger partial charge is 0.125 e. The van der Waals surface area contributed by atoms with Gasteiger partial charge in [0.1, 0.15) is 5.82 Å². The van der Waals surface area contributed by atoms with Crippen molar-refractivity contribution in [2.45, 2.75) is 45.6 Å². The quantitative estimate of drug-likeness (QED) is 0.792. The first kappa shape index (κ1) is 11.4. The summed E-state index contributed by atoms with van der Waals surface area (Å²) in [5.41, 5.74) is 2.08. The van der Waals surface area contributed by atoms with Crippen molar-refractivity contribution in [3.8, 4) is 0 Å². The monoisotopic (exact) mass is 221 g/mol. The number of nitrogens with one attached hydrogen (secondary N) is 1. The molecule has 1 aromatic carbocycles. The number of hydrogen-bond acceptors (Lipinski definition) is 1. The van der Waals surface area contributed by atoms with Crippen LogP contribution in [0.5, 0.6) is 0 Å². The molecule has 2 atom stereocenters. The van der Waals surface area contributed by atoms with Gasteiger partial charge in [-0.15, -0.1) is 0 Å². The second-order valence-electron chi connectivity index (χ2n) is 5.07. The van der Waals surface area contributed by atoms with Gasteiger partial charge in [0.05, 0.1) is 0 Å². The van der Waals surface area contributed by atoms with Crippen LogP contribution in [0, 0.1) is 18.7 Å². The highest BCUT2D eigenvalue weighted by atomic mass is 19.1. The zero-order chi connectivity index (χ0) is 11.5. The van der Waals surface area contributed by atoms with Gasteiger partial charge in [0.25, 0.3) is 0 Å². The lowest BCUT2D eigenvalue weighted by Crippen LogP contribution is -2.26. The lowest BCUT2D eigenvalue weighted by molar-refractivity contribution is 0.358. The van der Waals surface area contributed by atoms with E-state index in [1.54, 1.807) is 6.07 Å². The summed E-state index contributed by atoms with van der Waals surface area (Å²) in [5.74, 6) is 0.636. The van der Waals surface area contributed by atoms with Gasteiger partial charge in [-0.25, -0.2) is 4.39 Å². The molecule has 1 aliphatic rings. The van der Waals surface area contributed by atoms with Gasteiger partial charge in [-0.05, 0) is 43.4 Å². The third-order valence-electron chi connectivity index (χ3n) is 3.50. The van der Waals surface area contributed by atoms with Crippen LogP contribution in [0.15, 0.2) is 18.2 Å². The first-order valence-electron chi connectivity index (χ1n) is 6.18. The van der Waals surface area contributed by atoms with E-state index in [0.29, 0.717) is 6.04 Å². The molecule has 1 saturated carbocycles. The van der Waals surface area contributed by atoms with Crippen molar-refractivity contribution in [3.05, 3.63) is 29.6 Å². The van der Waals surface area contributed by atoms with Crippen LogP contribution in [0.3, 0.4) is 0 Å². The molecule has 0 spiro atoms. The van der Waals surface area contributed by atoms with Crippen LogP contribution in [0.25, 0.3) is 0 Å². The Labute approximate surface area is 97.1 Å². The number of hydrogen-bond donors (Lipinski definition) is 1. The first-order chi connectivity index (χ1) is 7.65. The molecule has 1 fully saturated rings. The van der Waals surface area contributed by atoms with Crippen LogP contribution in [0.4, 0.5) is 10.1 Å². The average Bonchev–Trinajstić information content (AvgIpc) is 2.24. The Bertz CT molecular complexity index is 362. The highest BCUT2D eigenvalue weighted by Gasteiger charge is 2.18. The Hall–Kier alpha value is -1.05. The summed E-state index contributed by atoms with van der Waals surface area (Å²) in [6.45, 7) is 4.32. The summed E-state index contributed by atoms with van der Waals surface area (Å²) in [6, 6.07) is 5.48. The third-order valence-corrected chi connectivity index (χ3v) is 3.50. The molecule has 2 rings (SSSR count). The maximum atomic E-state index is 13.1. The molecule has 0 bridgehead atoms. The Morgan fingerprint density at radius 1 is 1.31 bits per heavy atom. The minimum absolute atomic E-state index is 0.156. The molecular weight excluding hydrogens is 201 g/mol. The van der Waals surface area contributed by atoms with Gasteiger partial charge in [0, 0.05) is 11.7 Å². The molecule has 1 aliphatic carbocycles. The SMILES string of the molecule is Cc1ccc(F)cc1NC1CCCC(C)C1. The van der Waals surface area contributed by atoms with Crippen molar-refractivity contribution in [2.75, 3.05) is 5.32 Å². The van der Waals surface area contributed by atoms with Crippen molar-refractivity contribution in [1.29, 1.82) is 0 Å². The first-order valence-corrected chi connectivity index (χ1v) is 6.18. The van der Waals surface area contributed by atoms with E-state index in [2.05, 4.69) is 12.2 Å². The molecule has 0 aromatic heterocycles. The summed E-state index contributed by atoms with van der Waals surface area (Å²) < 4.78 is 13.1. The summed E-state index contributed by atoms with van der Waals surface area (Å²) >= 11 is 0. The van der Waals surface area contributed by atoms with E-state index >= 15 is 0 Å². The van der Waals surface area contributed by atoms with Gasteiger partial charge in [0.15, 0.2) is 0 Å². The van der Waals surface area contributed by atoms with Crippen LogP contribution in [0.1, 0.15) is 38.2 Å². The molecule has 0 heterocycles. The Balaban J connectivity index is 2.05. The number of halogens is 1. The maximum absolute atomic E-state index is 13.1. The molecule has 88 valence electrons. The maximum Gasteiger partial charge on any atom is 0.125 e. The Kier molecular flexibility index (Phi) is 3.47. The summed E-state index contributed by atoms with van der Waals surface area (Å²) in [7, 11) is 0. The topological polar surface area (TPSA) is 12.0 Å². The largest absolute Gasteiger partial charge is 0.382 e. The molecule has 0 aliphatic heterocycles. The molecular formula is C14H20FN. The summed E-state index contributed by atoms with van der Waals surface area (Å²) in [4.78, 5) is 0. The number of benzene rings is 1. The second-order valence-corrected chi connectivity index (χ2v) is 5.07. The minimum atomic E-state index is -0.156. The van der Waals surface area contributed by atoms with Gasteiger partial charge in [-0.1, -0.05) is 25.8 Å². The third kappa shape index (κ3) is 2.75. The fraction of sp³-hybridized carbons (Fsp3) is 0.571. The zero-order valence-corrected chi connectivity index (χ0v) is 10.1. The highest BCUT2D eigenvalue weighted by molar-refractivity contribution is 5.51. The van der Waals surface area contributed by atoms with Crippen LogP contribution in [0.2, 0.25) is 0 Å². The van der Waals surface area contributed by atoms with Crippen molar-refractivity contribution in [3.63, 3.8) is 0 Å². The second kappa shape index (κ2) is 4.86. The fourth-order valence-corrected chi connectivity index (χ4v) is 2.53. The van der Waals surface area contributed by atoms with Gasteiger partial charge in [-0.3, -0.25) is 0 Å². The summed E-state index contributed by atoms with van der Waals surface area (Å²) in [5, 5.41) is 3.48. The number of aryl methyl sites for hydroxylation is 1. The van der Waals surface area contributed by atoms with Crippen LogP contribution in [-0.4, -0.2) is 6.04 Å². The molecule has 1 N–H and O–H groups in total. The number of rotatable bonds is 2. The molecule has 1 aromatic rings. The molecule has 0 saturated heterocycles. The molecule has 0 amide bonds. The predicted molar refractivity (Wildman–Crippen MR) is 66.2 cm³/mol. The highest BCUT2D eigenvalue weighted by Crippen LogP contribution is 2.27. The Morgan fingerprint density at radius 2 is 2.12 bits per heavy atom. The lowest BCUT2D eigenvalue weighted by atomic mass is 9.87. The van der Waals surface area contributed by atoms with Crippen LogP contribution >= 0.6 is 0 Å². The van der Waals surface area contributed by atoms with Crippen LogP contribution < -0.4 is 5.32 Å². The number of anilines is 1. The molecule has 16 heavy (non-hydrogen) atoms. The minimum Gasteiger partial charge on any atom is -0.382 e. The molecule has 2 unspecified atom stereocenters. The standard InChI is InChI=1S/C14H20FN/c1-10-4-3-5-13(8-10)16-14-9-12(15)7-6-11(14)2/h6-7,9-10,13,16H,3-5,8H2,1-2H3. The van der Waals surface area contributed by atoms with Gasteiger partial charge < -0.3 is 5.32 Å². The van der Waals surface area contributed by atoms with Crippen molar-refractivity contribution >= 4 is 5.69 Å². The van der Waals surface area contributed by atoms with Crippen molar-refractivity contribution in [1.82, 2.24) is 0 Å². The Morgan fingerprint density at radius 3 is 2.88 bits per heavy atom. The molecule has 2 heteroatoms. The van der Waals surface area contributed by atoms with E-state index in [4.69, 9.17) is 0 Å². The van der Waals surface area contributed by atoms with Crippen molar-refractivity contribution in [2.24, 2.45) is 5.92 Å². The lowest BCUT2D eigenvalue weighted by Gasteiger charge is -2.28. The van der Waals surface area contributed by atoms with E-state index < -0.39 is 0 Å².